The highest BCUT2D eigenvalue weighted by atomic mass is 79.9. The molecule has 0 atom stereocenters. The third kappa shape index (κ3) is 5.12. The molecule has 1 amide bonds. The lowest BCUT2D eigenvalue weighted by Crippen LogP contribution is -2.25. The van der Waals surface area contributed by atoms with Crippen molar-refractivity contribution in [3.8, 4) is 5.75 Å². The van der Waals surface area contributed by atoms with E-state index in [4.69, 9.17) is 16.3 Å². The Kier molecular flexibility index (Phi) is 6.65. The minimum atomic E-state index is -0.317. The maximum absolute atomic E-state index is 13.3. The average Bonchev–Trinajstić information content (AvgIpc) is 3.18. The zero-order valence-electron chi connectivity index (χ0n) is 16.5. The number of amides is 1. The van der Waals surface area contributed by atoms with Crippen molar-refractivity contribution >= 4 is 66.3 Å². The fourth-order valence-electron chi connectivity index (χ4n) is 2.85. The van der Waals surface area contributed by atoms with E-state index in [0.29, 0.717) is 22.3 Å². The highest BCUT2D eigenvalue weighted by molar-refractivity contribution is 9.10. The second-order valence-corrected chi connectivity index (χ2v) is 8.84. The lowest BCUT2D eigenvalue weighted by atomic mass is 10.2. The van der Waals surface area contributed by atoms with Gasteiger partial charge in [0.1, 0.15) is 5.75 Å². The molecule has 0 N–H and O–H groups in total. The fraction of sp³-hybridized carbons (Fsp3) is 0.0870. The molecule has 0 aliphatic heterocycles. The van der Waals surface area contributed by atoms with Crippen LogP contribution < -0.4 is 9.75 Å². The van der Waals surface area contributed by atoms with E-state index in [0.717, 1.165) is 26.0 Å². The van der Waals surface area contributed by atoms with Crippen molar-refractivity contribution in [2.24, 2.45) is 5.10 Å². The zero-order chi connectivity index (χ0) is 21.8. The lowest BCUT2D eigenvalue weighted by Gasteiger charge is -2.14. The van der Waals surface area contributed by atoms with Gasteiger partial charge in [-0.15, -0.1) is 0 Å². The second kappa shape index (κ2) is 9.60. The van der Waals surface area contributed by atoms with E-state index < -0.39 is 0 Å². The molecule has 156 valence electrons. The molecule has 1 heterocycles. The summed E-state index contributed by atoms with van der Waals surface area (Å²) in [5.74, 6) is 0.464. The number of hydrazone groups is 1. The fourth-order valence-corrected chi connectivity index (χ4v) is 4.51. The molecule has 0 bridgehead atoms. The first-order chi connectivity index (χ1) is 15.0. The van der Waals surface area contributed by atoms with Gasteiger partial charge in [0.25, 0.3) is 5.91 Å². The van der Waals surface area contributed by atoms with Gasteiger partial charge in [0.2, 0.25) is 5.13 Å². The standard InChI is InChI=1S/C23H17BrClN3O2S/c1-2-30-19-9-6-15(7-10-19)14-26-28(22(29)16-4-3-5-18(25)12-16)23-27-20-11-8-17(24)13-21(20)31-23/h3-14H,2H2,1H3/b26-14+. The number of rotatable bonds is 6. The third-order valence-electron chi connectivity index (χ3n) is 4.30. The summed E-state index contributed by atoms with van der Waals surface area (Å²) in [6.45, 7) is 2.54. The molecule has 1 aromatic heterocycles. The maximum Gasteiger partial charge on any atom is 0.280 e. The van der Waals surface area contributed by atoms with Crippen molar-refractivity contribution in [2.75, 3.05) is 11.6 Å². The van der Waals surface area contributed by atoms with Crippen LogP contribution in [0.4, 0.5) is 5.13 Å². The van der Waals surface area contributed by atoms with Crippen molar-refractivity contribution in [3.05, 3.63) is 87.4 Å². The van der Waals surface area contributed by atoms with Crippen molar-refractivity contribution in [1.29, 1.82) is 0 Å². The number of carbonyl (C=O) groups is 1. The number of benzene rings is 3. The first-order valence-corrected chi connectivity index (χ1v) is 11.4. The van der Waals surface area contributed by atoms with Crippen LogP contribution in [0.5, 0.6) is 5.75 Å². The number of halogens is 2. The summed E-state index contributed by atoms with van der Waals surface area (Å²) in [5.41, 5.74) is 2.05. The molecule has 0 saturated carbocycles. The highest BCUT2D eigenvalue weighted by Crippen LogP contribution is 2.32. The van der Waals surface area contributed by atoms with Crippen molar-refractivity contribution in [3.63, 3.8) is 0 Å². The maximum atomic E-state index is 13.3. The topological polar surface area (TPSA) is 54.8 Å². The lowest BCUT2D eigenvalue weighted by molar-refractivity contribution is 0.0988. The Morgan fingerprint density at radius 1 is 1.19 bits per heavy atom. The van der Waals surface area contributed by atoms with Crippen LogP contribution in [-0.4, -0.2) is 23.7 Å². The molecule has 3 aromatic carbocycles. The first kappa shape index (κ1) is 21.5. The number of nitrogens with zero attached hydrogens (tertiary/aromatic N) is 3. The second-order valence-electron chi connectivity index (χ2n) is 6.48. The van der Waals surface area contributed by atoms with E-state index >= 15 is 0 Å². The predicted molar refractivity (Wildman–Crippen MR) is 131 cm³/mol. The van der Waals surface area contributed by atoms with Crippen LogP contribution in [0.3, 0.4) is 0 Å². The summed E-state index contributed by atoms with van der Waals surface area (Å²) in [6, 6.07) is 20.1. The van der Waals surface area contributed by atoms with Crippen molar-refractivity contribution < 1.29 is 9.53 Å². The van der Waals surface area contributed by atoms with Gasteiger partial charge in [-0.1, -0.05) is 44.9 Å². The summed E-state index contributed by atoms with van der Waals surface area (Å²) in [4.78, 5) is 17.9. The number of fused-ring (bicyclic) bond motifs is 1. The number of aromatic nitrogens is 1. The normalized spacial score (nSPS) is 11.2. The van der Waals surface area contributed by atoms with Gasteiger partial charge in [0, 0.05) is 15.1 Å². The molecular weight excluding hydrogens is 498 g/mol. The van der Waals surface area contributed by atoms with Gasteiger partial charge in [0.15, 0.2) is 0 Å². The molecule has 0 aliphatic rings. The molecule has 0 saturated heterocycles. The van der Waals surface area contributed by atoms with E-state index in [-0.39, 0.29) is 5.91 Å². The third-order valence-corrected chi connectivity index (χ3v) is 6.02. The molecule has 0 spiro atoms. The van der Waals surface area contributed by atoms with Crippen LogP contribution in [0.1, 0.15) is 22.8 Å². The molecule has 8 heteroatoms. The molecule has 0 unspecified atom stereocenters. The number of ether oxygens (including phenoxy) is 1. The molecule has 4 rings (SSSR count). The average molecular weight is 515 g/mol. The van der Waals surface area contributed by atoms with Crippen LogP contribution in [-0.2, 0) is 0 Å². The van der Waals surface area contributed by atoms with Crippen LogP contribution in [0, 0.1) is 0 Å². The first-order valence-electron chi connectivity index (χ1n) is 9.46. The Bertz CT molecular complexity index is 1260. The van der Waals surface area contributed by atoms with Gasteiger partial charge in [0.05, 0.1) is 23.0 Å². The van der Waals surface area contributed by atoms with Gasteiger partial charge >= 0.3 is 0 Å². The van der Waals surface area contributed by atoms with Crippen LogP contribution in [0.2, 0.25) is 5.02 Å². The van der Waals surface area contributed by atoms with Gasteiger partial charge in [-0.2, -0.15) is 10.1 Å². The number of thiazole rings is 1. The van der Waals surface area contributed by atoms with Crippen LogP contribution >= 0.6 is 38.9 Å². The Labute approximate surface area is 197 Å². The number of hydrogen-bond donors (Lipinski definition) is 0. The van der Waals surface area contributed by atoms with E-state index in [1.54, 1.807) is 30.5 Å². The molecule has 4 aromatic rings. The molecule has 0 fully saturated rings. The summed E-state index contributed by atoms with van der Waals surface area (Å²) >= 11 is 11.0. The Morgan fingerprint density at radius 2 is 2.00 bits per heavy atom. The number of anilines is 1. The van der Waals surface area contributed by atoms with E-state index in [1.165, 1.54) is 16.3 Å². The van der Waals surface area contributed by atoms with Crippen molar-refractivity contribution in [2.45, 2.75) is 6.92 Å². The quantitative estimate of drug-likeness (QED) is 0.210. The molecule has 5 nitrogen and oxygen atoms in total. The summed E-state index contributed by atoms with van der Waals surface area (Å²) in [5, 5.41) is 6.73. The van der Waals surface area contributed by atoms with Crippen LogP contribution in [0.15, 0.2) is 76.3 Å². The molecule has 31 heavy (non-hydrogen) atoms. The Morgan fingerprint density at radius 3 is 2.74 bits per heavy atom. The minimum Gasteiger partial charge on any atom is -0.494 e. The van der Waals surface area contributed by atoms with E-state index in [9.17, 15) is 4.79 Å². The SMILES string of the molecule is CCOc1ccc(/C=N/N(C(=O)c2cccc(Cl)c2)c2nc3ccc(Br)cc3s2)cc1. The smallest absolute Gasteiger partial charge is 0.280 e. The monoisotopic (exact) mass is 513 g/mol. The Balaban J connectivity index is 1.71. The molecular formula is C23H17BrClN3O2S. The summed E-state index contributed by atoms with van der Waals surface area (Å²) in [6.07, 6.45) is 1.63. The largest absolute Gasteiger partial charge is 0.494 e. The van der Waals surface area contributed by atoms with E-state index in [1.807, 2.05) is 49.4 Å². The van der Waals surface area contributed by atoms with Gasteiger partial charge < -0.3 is 4.74 Å². The summed E-state index contributed by atoms with van der Waals surface area (Å²) < 4.78 is 7.37. The van der Waals surface area contributed by atoms with Gasteiger partial charge in [-0.05, 0) is 73.2 Å². The number of carbonyl (C=O) groups excluding carboxylic acids is 1. The van der Waals surface area contributed by atoms with Crippen molar-refractivity contribution in [1.82, 2.24) is 4.98 Å². The zero-order valence-corrected chi connectivity index (χ0v) is 19.6. The molecule has 0 radical (unpaired) electrons. The molecule has 0 aliphatic carbocycles. The number of hydrogen-bond acceptors (Lipinski definition) is 5. The van der Waals surface area contributed by atoms with Gasteiger partial charge in [-0.25, -0.2) is 4.98 Å². The minimum absolute atomic E-state index is 0.317. The van der Waals surface area contributed by atoms with Crippen LogP contribution in [0.25, 0.3) is 10.2 Å². The highest BCUT2D eigenvalue weighted by Gasteiger charge is 2.21. The summed E-state index contributed by atoms with van der Waals surface area (Å²) in [7, 11) is 0. The van der Waals surface area contributed by atoms with E-state index in [2.05, 4.69) is 26.0 Å². The Hall–Kier alpha value is -2.74. The predicted octanol–water partition coefficient (Wildman–Crippen LogP) is 6.79. The van der Waals surface area contributed by atoms with Gasteiger partial charge in [-0.3, -0.25) is 4.79 Å².